The largest absolute Gasteiger partial charge is 0.329 e. The molecule has 5 heteroatoms. The third-order valence-electron chi connectivity index (χ3n) is 3.93. The maximum Gasteiger partial charge on any atom is 0.273 e. The molecule has 2 unspecified atom stereocenters. The number of nitrogens with two attached hydrogens (primary N) is 1. The first-order valence-corrected chi connectivity index (χ1v) is 6.78. The molecule has 2 N–H and O–H groups in total. The predicted octanol–water partition coefficient (Wildman–Crippen LogP) is 2.15. The van der Waals surface area contributed by atoms with E-state index in [1.807, 2.05) is 12.1 Å². The Kier molecular flexibility index (Phi) is 4.50. The summed E-state index contributed by atoms with van der Waals surface area (Å²) in [6.45, 7) is 4.44. The van der Waals surface area contributed by atoms with Gasteiger partial charge in [-0.2, -0.15) is 0 Å². The van der Waals surface area contributed by atoms with Gasteiger partial charge in [0, 0.05) is 30.8 Å². The van der Waals surface area contributed by atoms with Crippen LogP contribution >= 0.6 is 0 Å². The molecule has 0 radical (unpaired) electrons. The minimum Gasteiger partial charge on any atom is -0.329 e. The van der Waals surface area contributed by atoms with Crippen LogP contribution in [0.5, 0.6) is 0 Å². The lowest BCUT2D eigenvalue weighted by Crippen LogP contribution is -2.45. The number of nitro benzene ring substituents is 1. The topological polar surface area (TPSA) is 72.4 Å². The van der Waals surface area contributed by atoms with Crippen LogP contribution in [0.4, 0.5) is 5.69 Å². The molecule has 1 fully saturated rings. The van der Waals surface area contributed by atoms with Crippen molar-refractivity contribution >= 4 is 5.69 Å². The molecule has 19 heavy (non-hydrogen) atoms. The van der Waals surface area contributed by atoms with Gasteiger partial charge < -0.3 is 5.73 Å². The van der Waals surface area contributed by atoms with E-state index >= 15 is 0 Å². The van der Waals surface area contributed by atoms with Crippen molar-refractivity contribution in [2.24, 2.45) is 11.7 Å². The molecule has 2 rings (SSSR count). The van der Waals surface area contributed by atoms with E-state index in [4.69, 9.17) is 5.73 Å². The van der Waals surface area contributed by atoms with E-state index in [1.54, 1.807) is 12.1 Å². The molecule has 1 aliphatic heterocycles. The zero-order chi connectivity index (χ0) is 13.8. The second-order valence-electron chi connectivity index (χ2n) is 5.38. The van der Waals surface area contributed by atoms with Crippen molar-refractivity contribution < 1.29 is 4.92 Å². The molecule has 0 amide bonds. The monoisotopic (exact) mass is 263 g/mol. The average Bonchev–Trinajstić information content (AvgIpc) is 2.41. The Hall–Kier alpha value is -1.46. The fourth-order valence-corrected chi connectivity index (χ4v) is 2.80. The van der Waals surface area contributed by atoms with Crippen molar-refractivity contribution in [1.29, 1.82) is 0 Å². The van der Waals surface area contributed by atoms with Crippen LogP contribution in [0.15, 0.2) is 24.3 Å². The number of para-hydroxylation sites is 1. The van der Waals surface area contributed by atoms with Crippen molar-refractivity contribution in [3.8, 4) is 0 Å². The molecule has 0 aliphatic carbocycles. The van der Waals surface area contributed by atoms with Crippen LogP contribution < -0.4 is 5.73 Å². The van der Waals surface area contributed by atoms with Gasteiger partial charge in [-0.05, 0) is 25.3 Å². The lowest BCUT2D eigenvalue weighted by Gasteiger charge is -2.37. The Labute approximate surface area is 113 Å². The fraction of sp³-hybridized carbons (Fsp3) is 0.571. The fourth-order valence-electron chi connectivity index (χ4n) is 2.80. The van der Waals surface area contributed by atoms with Gasteiger partial charge in [0.15, 0.2) is 0 Å². The van der Waals surface area contributed by atoms with Crippen LogP contribution in [0.1, 0.15) is 25.3 Å². The van der Waals surface area contributed by atoms with Gasteiger partial charge in [-0.15, -0.1) is 0 Å². The highest BCUT2D eigenvalue weighted by Crippen LogP contribution is 2.26. The van der Waals surface area contributed by atoms with Crippen LogP contribution in [0.2, 0.25) is 0 Å². The van der Waals surface area contributed by atoms with Crippen LogP contribution in [0, 0.1) is 16.0 Å². The smallest absolute Gasteiger partial charge is 0.273 e. The standard InChI is InChI=1S/C14H21N3O2/c1-11-6-7-16(13(8-11)9-15)10-12-4-2-3-5-14(12)17(18)19/h2-5,11,13H,6-10,15H2,1H3. The van der Waals surface area contributed by atoms with E-state index < -0.39 is 0 Å². The van der Waals surface area contributed by atoms with Crippen molar-refractivity contribution in [2.75, 3.05) is 13.1 Å². The maximum absolute atomic E-state index is 11.0. The average molecular weight is 263 g/mol. The summed E-state index contributed by atoms with van der Waals surface area (Å²) in [5.41, 5.74) is 6.82. The summed E-state index contributed by atoms with van der Waals surface area (Å²) in [6, 6.07) is 7.30. The maximum atomic E-state index is 11.0. The molecule has 0 bridgehead atoms. The molecule has 2 atom stereocenters. The first kappa shape index (κ1) is 14.0. The molecule has 1 aliphatic rings. The summed E-state index contributed by atoms with van der Waals surface area (Å²) in [5.74, 6) is 0.690. The SMILES string of the molecule is CC1CCN(Cc2ccccc2[N+](=O)[O-])C(CN)C1. The van der Waals surface area contributed by atoms with Crippen molar-refractivity contribution in [1.82, 2.24) is 4.90 Å². The number of nitro groups is 1. The van der Waals surface area contributed by atoms with Crippen LogP contribution in [-0.2, 0) is 6.54 Å². The second kappa shape index (κ2) is 6.12. The minimum atomic E-state index is -0.306. The molecular formula is C14H21N3O2. The van der Waals surface area contributed by atoms with Gasteiger partial charge in [0.2, 0.25) is 0 Å². The number of rotatable bonds is 4. The third-order valence-corrected chi connectivity index (χ3v) is 3.93. The lowest BCUT2D eigenvalue weighted by molar-refractivity contribution is -0.385. The second-order valence-corrected chi connectivity index (χ2v) is 5.38. The molecule has 104 valence electrons. The van der Waals surface area contributed by atoms with Crippen molar-refractivity contribution in [2.45, 2.75) is 32.4 Å². The van der Waals surface area contributed by atoms with E-state index in [9.17, 15) is 10.1 Å². The van der Waals surface area contributed by atoms with Gasteiger partial charge in [0.05, 0.1) is 4.92 Å². The normalized spacial score (nSPS) is 24.3. The number of likely N-dealkylation sites (tertiary alicyclic amines) is 1. The summed E-state index contributed by atoms with van der Waals surface area (Å²) in [4.78, 5) is 13.0. The number of piperidine rings is 1. The zero-order valence-corrected chi connectivity index (χ0v) is 11.3. The lowest BCUT2D eigenvalue weighted by atomic mass is 9.92. The molecule has 1 heterocycles. The Morgan fingerprint density at radius 2 is 2.21 bits per heavy atom. The summed E-state index contributed by atoms with van der Waals surface area (Å²) < 4.78 is 0. The molecule has 0 aromatic heterocycles. The number of hydrogen-bond donors (Lipinski definition) is 1. The highest BCUT2D eigenvalue weighted by molar-refractivity contribution is 5.39. The van der Waals surface area contributed by atoms with E-state index in [1.165, 1.54) is 0 Å². The highest BCUT2D eigenvalue weighted by atomic mass is 16.6. The minimum absolute atomic E-state index is 0.205. The Balaban J connectivity index is 2.14. The molecule has 1 aromatic carbocycles. The first-order chi connectivity index (χ1) is 9.11. The highest BCUT2D eigenvalue weighted by Gasteiger charge is 2.26. The van der Waals surface area contributed by atoms with Gasteiger partial charge in [-0.3, -0.25) is 15.0 Å². The Bertz CT molecular complexity index is 450. The Morgan fingerprint density at radius 1 is 1.47 bits per heavy atom. The molecule has 5 nitrogen and oxygen atoms in total. The van der Waals surface area contributed by atoms with E-state index in [0.717, 1.165) is 24.9 Å². The van der Waals surface area contributed by atoms with E-state index in [2.05, 4.69) is 11.8 Å². The van der Waals surface area contributed by atoms with Crippen LogP contribution in [0.3, 0.4) is 0 Å². The zero-order valence-electron chi connectivity index (χ0n) is 11.3. The summed E-state index contributed by atoms with van der Waals surface area (Å²) in [6.07, 6.45) is 2.22. The first-order valence-electron chi connectivity index (χ1n) is 6.78. The summed E-state index contributed by atoms with van der Waals surface area (Å²) in [7, 11) is 0. The van der Waals surface area contributed by atoms with Crippen LogP contribution in [-0.4, -0.2) is 29.0 Å². The summed E-state index contributed by atoms with van der Waals surface area (Å²) >= 11 is 0. The van der Waals surface area contributed by atoms with Gasteiger partial charge >= 0.3 is 0 Å². The van der Waals surface area contributed by atoms with E-state index in [-0.39, 0.29) is 10.6 Å². The van der Waals surface area contributed by atoms with Crippen molar-refractivity contribution in [3.05, 3.63) is 39.9 Å². The number of benzene rings is 1. The molecule has 1 saturated heterocycles. The number of nitrogens with zero attached hydrogens (tertiary/aromatic N) is 2. The molecule has 0 saturated carbocycles. The number of hydrogen-bond acceptors (Lipinski definition) is 4. The van der Waals surface area contributed by atoms with Crippen molar-refractivity contribution in [3.63, 3.8) is 0 Å². The van der Waals surface area contributed by atoms with Gasteiger partial charge in [-0.1, -0.05) is 25.1 Å². The van der Waals surface area contributed by atoms with Gasteiger partial charge in [-0.25, -0.2) is 0 Å². The third kappa shape index (κ3) is 3.30. The molecule has 1 aromatic rings. The molecule has 0 spiro atoms. The van der Waals surface area contributed by atoms with Gasteiger partial charge in [0.25, 0.3) is 5.69 Å². The van der Waals surface area contributed by atoms with Crippen LogP contribution in [0.25, 0.3) is 0 Å². The Morgan fingerprint density at radius 3 is 2.89 bits per heavy atom. The van der Waals surface area contributed by atoms with Gasteiger partial charge in [0.1, 0.15) is 0 Å². The quantitative estimate of drug-likeness (QED) is 0.667. The van der Waals surface area contributed by atoms with E-state index in [0.29, 0.717) is 25.0 Å². The predicted molar refractivity (Wildman–Crippen MR) is 74.7 cm³/mol. The molecular weight excluding hydrogens is 242 g/mol. The summed E-state index contributed by atoms with van der Waals surface area (Å²) in [5, 5.41) is 11.0.